The van der Waals surface area contributed by atoms with Gasteiger partial charge in [0.15, 0.2) is 17.6 Å². The molecule has 1 aromatic carbocycles. The number of piperidine rings is 1. The Balaban J connectivity index is 1.57. The third-order valence-corrected chi connectivity index (χ3v) is 7.78. The van der Waals surface area contributed by atoms with Crippen LogP contribution in [-0.4, -0.2) is 56.2 Å². The molecule has 3 heterocycles. The summed E-state index contributed by atoms with van der Waals surface area (Å²) in [6, 6.07) is 4.86. The van der Waals surface area contributed by atoms with Crippen molar-refractivity contribution in [2.24, 2.45) is 5.92 Å². The summed E-state index contributed by atoms with van der Waals surface area (Å²) in [6.45, 7) is 7.34. The number of benzene rings is 1. The largest absolute Gasteiger partial charge is 0.493 e. The number of rotatable bonds is 3. The van der Waals surface area contributed by atoms with E-state index in [0.29, 0.717) is 25.2 Å². The molecule has 5 nitrogen and oxygen atoms in total. The highest BCUT2D eigenvalue weighted by molar-refractivity contribution is 5.61. The lowest BCUT2D eigenvalue weighted by Gasteiger charge is -2.60. The first-order valence-corrected chi connectivity index (χ1v) is 10.2. The molecule has 2 saturated heterocycles. The van der Waals surface area contributed by atoms with Gasteiger partial charge in [-0.15, -0.1) is 6.58 Å². The van der Waals surface area contributed by atoms with E-state index in [4.69, 9.17) is 18.9 Å². The van der Waals surface area contributed by atoms with Gasteiger partial charge < -0.3 is 18.9 Å². The van der Waals surface area contributed by atoms with Crippen molar-refractivity contribution in [1.29, 1.82) is 0 Å². The lowest BCUT2D eigenvalue weighted by Crippen LogP contribution is -2.70. The summed E-state index contributed by atoms with van der Waals surface area (Å²) < 4.78 is 24.9. The second-order valence-corrected chi connectivity index (χ2v) is 8.63. The maximum absolute atomic E-state index is 6.72. The zero-order valence-corrected chi connectivity index (χ0v) is 15.9. The maximum Gasteiger partial charge on any atom is 0.206 e. The Morgan fingerprint density at radius 2 is 2.15 bits per heavy atom. The molecule has 3 fully saturated rings. The molecule has 1 aromatic rings. The number of methoxy groups -OCH3 is 1. The fourth-order valence-electron chi connectivity index (χ4n) is 6.91. The average molecular weight is 369 g/mol. The summed E-state index contributed by atoms with van der Waals surface area (Å²) in [5.41, 5.74) is 2.78. The Morgan fingerprint density at radius 3 is 2.93 bits per heavy atom. The van der Waals surface area contributed by atoms with Crippen molar-refractivity contribution >= 4 is 0 Å². The van der Waals surface area contributed by atoms with Gasteiger partial charge in [-0.2, -0.15) is 0 Å². The van der Waals surface area contributed by atoms with Crippen LogP contribution in [0.2, 0.25) is 0 Å². The van der Waals surface area contributed by atoms with Crippen molar-refractivity contribution in [2.45, 2.75) is 49.0 Å². The first-order valence-electron chi connectivity index (χ1n) is 10.2. The number of hydrogen-bond donors (Lipinski definition) is 0. The minimum Gasteiger partial charge on any atom is -0.493 e. The first-order chi connectivity index (χ1) is 13.2. The molecule has 5 heteroatoms. The highest BCUT2D eigenvalue weighted by Crippen LogP contribution is 2.66. The Morgan fingerprint density at radius 1 is 1.30 bits per heavy atom. The number of hydrogen-bond acceptors (Lipinski definition) is 5. The van der Waals surface area contributed by atoms with Crippen LogP contribution < -0.4 is 9.47 Å². The molecule has 2 spiro atoms. The van der Waals surface area contributed by atoms with Crippen LogP contribution in [0, 0.1) is 5.92 Å². The highest BCUT2D eigenvalue weighted by Gasteiger charge is 2.71. The fraction of sp³-hybridized carbons (Fsp3) is 0.636. The van der Waals surface area contributed by atoms with Crippen molar-refractivity contribution in [3.05, 3.63) is 35.9 Å². The fourth-order valence-corrected chi connectivity index (χ4v) is 6.91. The van der Waals surface area contributed by atoms with Crippen molar-refractivity contribution in [1.82, 2.24) is 4.90 Å². The molecule has 3 aliphatic heterocycles. The minimum atomic E-state index is -0.597. The predicted octanol–water partition coefficient (Wildman–Crippen LogP) is 2.66. The molecule has 0 amide bonds. The van der Waals surface area contributed by atoms with Crippen molar-refractivity contribution in [2.75, 3.05) is 33.4 Å². The van der Waals surface area contributed by atoms with E-state index in [9.17, 15) is 0 Å². The van der Waals surface area contributed by atoms with E-state index in [-0.39, 0.29) is 11.5 Å². The Kier molecular flexibility index (Phi) is 3.34. The van der Waals surface area contributed by atoms with Crippen LogP contribution in [0.1, 0.15) is 30.4 Å². The third-order valence-electron chi connectivity index (χ3n) is 7.78. The Labute approximate surface area is 160 Å². The van der Waals surface area contributed by atoms with Gasteiger partial charge >= 0.3 is 0 Å². The Bertz CT molecular complexity index is 802. The normalized spacial score (nSPS) is 37.7. The highest BCUT2D eigenvalue weighted by atomic mass is 16.8. The molecule has 27 heavy (non-hydrogen) atoms. The summed E-state index contributed by atoms with van der Waals surface area (Å²) in [5.74, 6) is 1.76. The lowest BCUT2D eigenvalue weighted by molar-refractivity contribution is -0.261. The second-order valence-electron chi connectivity index (χ2n) is 8.63. The summed E-state index contributed by atoms with van der Waals surface area (Å²) in [7, 11) is 1.73. The van der Waals surface area contributed by atoms with Gasteiger partial charge in [-0.1, -0.05) is 12.1 Å². The summed E-state index contributed by atoms with van der Waals surface area (Å²) in [6.07, 6.45) is 6.15. The van der Waals surface area contributed by atoms with Gasteiger partial charge in [0.1, 0.15) is 0 Å². The lowest BCUT2D eigenvalue weighted by atomic mass is 9.50. The molecule has 144 valence electrons. The average Bonchev–Trinajstić information content (AvgIpc) is 3.28. The van der Waals surface area contributed by atoms with Crippen molar-refractivity contribution < 1.29 is 18.9 Å². The molecule has 0 N–H and O–H groups in total. The van der Waals surface area contributed by atoms with E-state index in [1.165, 1.54) is 11.1 Å². The third kappa shape index (κ3) is 1.86. The van der Waals surface area contributed by atoms with Crippen LogP contribution in [0.3, 0.4) is 0 Å². The zero-order chi connectivity index (χ0) is 18.2. The SMILES string of the molecule is C=CCN1CC[C@]23c4c5ccc(OC)c4O[C@H]2C2(CC[C@H]3[C@H]1C5)OCCO2. The minimum absolute atomic E-state index is 0.0254. The van der Waals surface area contributed by atoms with Crippen LogP contribution in [-0.2, 0) is 21.3 Å². The van der Waals surface area contributed by atoms with Gasteiger partial charge in [0.05, 0.1) is 20.3 Å². The van der Waals surface area contributed by atoms with Crippen molar-refractivity contribution in [3.8, 4) is 11.5 Å². The molecule has 0 unspecified atom stereocenters. The van der Waals surface area contributed by atoms with Crippen molar-refractivity contribution in [3.63, 3.8) is 0 Å². The van der Waals surface area contributed by atoms with E-state index in [2.05, 4.69) is 23.6 Å². The Hall–Kier alpha value is -1.56. The van der Waals surface area contributed by atoms with Crippen LogP contribution in [0.25, 0.3) is 0 Å². The number of fused-ring (bicyclic) bond motifs is 1. The van der Waals surface area contributed by atoms with E-state index >= 15 is 0 Å². The van der Waals surface area contributed by atoms with Gasteiger partial charge in [0, 0.05) is 30.0 Å². The zero-order valence-electron chi connectivity index (χ0n) is 15.9. The molecule has 1 saturated carbocycles. The quantitative estimate of drug-likeness (QED) is 0.766. The standard InChI is InChI=1S/C22H27NO4/c1-3-9-23-10-8-21-15-6-7-22(25-11-12-26-22)20(21)27-19-17(24-2)5-4-14(18(19)21)13-16(15)23/h3-5,15-16,20H,1,6-13H2,2H3/t15-,16+,20+,21-/m0/s1. The van der Waals surface area contributed by atoms with E-state index in [1.807, 2.05) is 6.08 Å². The monoisotopic (exact) mass is 369 g/mol. The molecule has 0 radical (unpaired) electrons. The topological polar surface area (TPSA) is 40.2 Å². The molecule has 0 aromatic heterocycles. The summed E-state index contributed by atoms with van der Waals surface area (Å²) in [4.78, 5) is 2.62. The van der Waals surface area contributed by atoms with Gasteiger partial charge in [-0.3, -0.25) is 4.90 Å². The number of likely N-dealkylation sites (tertiary alicyclic amines) is 1. The van der Waals surface area contributed by atoms with Gasteiger partial charge in [0.2, 0.25) is 5.79 Å². The van der Waals surface area contributed by atoms with E-state index in [0.717, 1.165) is 50.3 Å². The van der Waals surface area contributed by atoms with Gasteiger partial charge in [-0.05, 0) is 43.4 Å². The summed E-state index contributed by atoms with van der Waals surface area (Å²) in [5, 5.41) is 0. The van der Waals surface area contributed by atoms with Crippen LogP contribution in [0.15, 0.2) is 24.8 Å². The number of nitrogens with zero attached hydrogens (tertiary/aromatic N) is 1. The van der Waals surface area contributed by atoms with E-state index < -0.39 is 5.79 Å². The van der Waals surface area contributed by atoms with Gasteiger partial charge in [-0.25, -0.2) is 0 Å². The first kappa shape index (κ1) is 16.4. The molecule has 2 aliphatic carbocycles. The smallest absolute Gasteiger partial charge is 0.206 e. The second kappa shape index (κ2) is 5.49. The van der Waals surface area contributed by atoms with Gasteiger partial charge in [0.25, 0.3) is 0 Å². The number of ether oxygens (including phenoxy) is 4. The van der Waals surface area contributed by atoms with Crippen LogP contribution in [0.5, 0.6) is 11.5 Å². The molecular weight excluding hydrogens is 342 g/mol. The van der Waals surface area contributed by atoms with Crippen LogP contribution >= 0.6 is 0 Å². The molecule has 2 bridgehead atoms. The van der Waals surface area contributed by atoms with Crippen LogP contribution in [0.4, 0.5) is 0 Å². The summed E-state index contributed by atoms with van der Waals surface area (Å²) >= 11 is 0. The molecule has 5 aliphatic rings. The predicted molar refractivity (Wildman–Crippen MR) is 100 cm³/mol. The maximum atomic E-state index is 6.72. The van der Waals surface area contributed by atoms with E-state index in [1.54, 1.807) is 7.11 Å². The molecular formula is C22H27NO4. The molecule has 4 atom stereocenters. The molecule has 6 rings (SSSR count).